The van der Waals surface area contributed by atoms with Crippen LogP contribution in [0, 0.1) is 11.2 Å². The number of benzene rings is 1. The van der Waals surface area contributed by atoms with Crippen LogP contribution in [0.2, 0.25) is 5.02 Å². The second-order valence-electron chi connectivity index (χ2n) is 4.99. The average molecular weight is 245 g/mol. The molecule has 16 heavy (non-hydrogen) atoms. The van der Waals surface area contributed by atoms with Crippen molar-refractivity contribution >= 4 is 11.6 Å². The summed E-state index contributed by atoms with van der Waals surface area (Å²) < 4.78 is 13.6. The van der Waals surface area contributed by atoms with Crippen LogP contribution in [0.15, 0.2) is 18.2 Å². The largest absolute Gasteiger partial charge is 0.271 e. The third-order valence-electron chi connectivity index (χ3n) is 2.72. The van der Waals surface area contributed by atoms with Gasteiger partial charge in [-0.25, -0.2) is 4.39 Å². The summed E-state index contributed by atoms with van der Waals surface area (Å²) in [6, 6.07) is 4.68. The van der Waals surface area contributed by atoms with E-state index < -0.39 is 0 Å². The van der Waals surface area contributed by atoms with Gasteiger partial charge in [-0.3, -0.25) is 11.3 Å². The summed E-state index contributed by atoms with van der Waals surface area (Å²) in [5, 5.41) is 0.449. The van der Waals surface area contributed by atoms with Crippen LogP contribution in [0.5, 0.6) is 0 Å². The highest BCUT2D eigenvalue weighted by atomic mass is 35.5. The zero-order valence-electron chi connectivity index (χ0n) is 9.85. The maximum atomic E-state index is 13.6. The van der Waals surface area contributed by atoms with Crippen molar-refractivity contribution in [2.24, 2.45) is 11.3 Å². The lowest BCUT2D eigenvalue weighted by molar-refractivity contribution is 0.267. The molecular formula is C12H18ClFN2. The molecular weight excluding hydrogens is 227 g/mol. The van der Waals surface area contributed by atoms with Gasteiger partial charge in [0.15, 0.2) is 0 Å². The number of hydrazine groups is 1. The minimum Gasteiger partial charge on any atom is -0.271 e. The zero-order chi connectivity index (χ0) is 12.3. The van der Waals surface area contributed by atoms with E-state index >= 15 is 0 Å². The van der Waals surface area contributed by atoms with E-state index in [1.54, 1.807) is 12.1 Å². The Morgan fingerprint density at radius 1 is 1.44 bits per heavy atom. The highest BCUT2D eigenvalue weighted by Crippen LogP contribution is 2.26. The molecule has 0 radical (unpaired) electrons. The summed E-state index contributed by atoms with van der Waals surface area (Å²) in [6.07, 6.45) is 0.478. The second kappa shape index (κ2) is 5.13. The Kier molecular flexibility index (Phi) is 4.30. The van der Waals surface area contributed by atoms with Crippen molar-refractivity contribution in [2.75, 3.05) is 0 Å². The number of halogens is 2. The van der Waals surface area contributed by atoms with Crippen LogP contribution in [0.4, 0.5) is 4.39 Å². The van der Waals surface area contributed by atoms with Crippen molar-refractivity contribution in [2.45, 2.75) is 33.2 Å². The van der Waals surface area contributed by atoms with Gasteiger partial charge in [-0.1, -0.05) is 38.4 Å². The van der Waals surface area contributed by atoms with Gasteiger partial charge in [0.05, 0.1) is 0 Å². The third kappa shape index (κ3) is 3.17. The van der Waals surface area contributed by atoms with Gasteiger partial charge in [-0.15, -0.1) is 0 Å². The summed E-state index contributed by atoms with van der Waals surface area (Å²) >= 11 is 5.97. The molecule has 1 aromatic rings. The van der Waals surface area contributed by atoms with Crippen molar-refractivity contribution in [3.8, 4) is 0 Å². The fourth-order valence-electron chi connectivity index (χ4n) is 1.55. The topological polar surface area (TPSA) is 38.0 Å². The molecule has 1 unspecified atom stereocenters. The Morgan fingerprint density at radius 3 is 2.50 bits per heavy atom. The molecule has 1 aromatic carbocycles. The highest BCUT2D eigenvalue weighted by Gasteiger charge is 2.25. The van der Waals surface area contributed by atoms with E-state index in [-0.39, 0.29) is 17.3 Å². The fraction of sp³-hybridized carbons (Fsp3) is 0.500. The molecule has 0 aliphatic carbocycles. The smallest absolute Gasteiger partial charge is 0.127 e. The molecule has 0 bridgehead atoms. The van der Waals surface area contributed by atoms with Crippen LogP contribution in [0.3, 0.4) is 0 Å². The molecule has 0 spiro atoms. The van der Waals surface area contributed by atoms with E-state index in [0.29, 0.717) is 17.0 Å². The number of hydrogen-bond acceptors (Lipinski definition) is 2. The summed E-state index contributed by atoms with van der Waals surface area (Å²) in [4.78, 5) is 0. The Balaban J connectivity index is 2.95. The van der Waals surface area contributed by atoms with Crippen molar-refractivity contribution in [3.63, 3.8) is 0 Å². The predicted molar refractivity (Wildman–Crippen MR) is 65.7 cm³/mol. The molecule has 3 N–H and O–H groups in total. The fourth-order valence-corrected chi connectivity index (χ4v) is 1.79. The van der Waals surface area contributed by atoms with Crippen molar-refractivity contribution in [1.82, 2.24) is 5.43 Å². The van der Waals surface area contributed by atoms with E-state index in [0.717, 1.165) is 0 Å². The van der Waals surface area contributed by atoms with E-state index in [2.05, 4.69) is 5.43 Å². The molecule has 0 aromatic heterocycles. The van der Waals surface area contributed by atoms with E-state index in [4.69, 9.17) is 17.4 Å². The summed E-state index contributed by atoms with van der Waals surface area (Å²) in [5.41, 5.74) is 3.18. The minimum atomic E-state index is -0.281. The number of nitrogens with one attached hydrogen (secondary N) is 1. The average Bonchev–Trinajstić information content (AvgIpc) is 2.15. The molecule has 4 heteroatoms. The maximum Gasteiger partial charge on any atom is 0.127 e. The van der Waals surface area contributed by atoms with Crippen LogP contribution < -0.4 is 11.3 Å². The van der Waals surface area contributed by atoms with Gasteiger partial charge < -0.3 is 0 Å². The first-order chi connectivity index (χ1) is 7.36. The van der Waals surface area contributed by atoms with Gasteiger partial charge in [0.1, 0.15) is 5.82 Å². The molecule has 0 aliphatic heterocycles. The van der Waals surface area contributed by atoms with Crippen molar-refractivity contribution in [1.29, 1.82) is 0 Å². The Morgan fingerprint density at radius 2 is 2.06 bits per heavy atom. The van der Waals surface area contributed by atoms with Gasteiger partial charge in [-0.2, -0.15) is 0 Å². The van der Waals surface area contributed by atoms with Crippen LogP contribution in [0.25, 0.3) is 0 Å². The number of hydrogen-bond donors (Lipinski definition) is 2. The lowest BCUT2D eigenvalue weighted by Crippen LogP contribution is -2.46. The van der Waals surface area contributed by atoms with Crippen molar-refractivity contribution in [3.05, 3.63) is 34.6 Å². The van der Waals surface area contributed by atoms with Gasteiger partial charge in [-0.05, 0) is 24.0 Å². The molecule has 0 fully saturated rings. The van der Waals surface area contributed by atoms with E-state index in [9.17, 15) is 4.39 Å². The first-order valence-electron chi connectivity index (χ1n) is 5.25. The van der Waals surface area contributed by atoms with Crippen LogP contribution in [-0.2, 0) is 6.42 Å². The van der Waals surface area contributed by atoms with Gasteiger partial charge in [0, 0.05) is 16.6 Å². The lowest BCUT2D eigenvalue weighted by atomic mass is 9.83. The molecule has 0 heterocycles. The molecule has 1 rings (SSSR count). The predicted octanol–water partition coefficient (Wildman–Crippen LogP) is 2.90. The van der Waals surface area contributed by atoms with Gasteiger partial charge in [0.2, 0.25) is 0 Å². The summed E-state index contributed by atoms with van der Waals surface area (Å²) in [5.74, 6) is 5.21. The SMILES string of the molecule is CC(C)(C)C(Cc1c(F)cccc1Cl)NN. The Labute approximate surface area is 101 Å². The maximum absolute atomic E-state index is 13.6. The molecule has 0 aliphatic rings. The molecule has 0 saturated heterocycles. The Hall–Kier alpha value is -0.640. The molecule has 2 nitrogen and oxygen atoms in total. The first-order valence-corrected chi connectivity index (χ1v) is 5.63. The minimum absolute atomic E-state index is 0.0260. The van der Waals surface area contributed by atoms with Gasteiger partial charge >= 0.3 is 0 Å². The number of rotatable bonds is 3. The molecule has 90 valence electrons. The summed E-state index contributed by atoms with van der Waals surface area (Å²) in [6.45, 7) is 6.14. The third-order valence-corrected chi connectivity index (χ3v) is 3.07. The van der Waals surface area contributed by atoms with E-state index in [1.807, 2.05) is 20.8 Å². The highest BCUT2D eigenvalue weighted by molar-refractivity contribution is 6.31. The molecule has 1 atom stereocenters. The van der Waals surface area contributed by atoms with Crippen molar-refractivity contribution < 1.29 is 4.39 Å². The standard InChI is InChI=1S/C12H18ClFN2/c1-12(2,3)11(16-15)7-8-9(13)5-4-6-10(8)14/h4-6,11,16H,7,15H2,1-3H3. The van der Waals surface area contributed by atoms with Crippen LogP contribution in [-0.4, -0.2) is 6.04 Å². The normalized spacial score (nSPS) is 13.9. The second-order valence-corrected chi connectivity index (χ2v) is 5.40. The van der Waals surface area contributed by atoms with Crippen LogP contribution >= 0.6 is 11.6 Å². The Bertz CT molecular complexity index is 340. The van der Waals surface area contributed by atoms with Gasteiger partial charge in [0.25, 0.3) is 0 Å². The quantitative estimate of drug-likeness (QED) is 0.634. The lowest BCUT2D eigenvalue weighted by Gasteiger charge is -2.30. The molecule has 0 amide bonds. The van der Waals surface area contributed by atoms with E-state index in [1.165, 1.54) is 6.07 Å². The zero-order valence-corrected chi connectivity index (χ0v) is 10.6. The monoisotopic (exact) mass is 244 g/mol. The van der Waals surface area contributed by atoms with Crippen LogP contribution in [0.1, 0.15) is 26.3 Å². The summed E-state index contributed by atoms with van der Waals surface area (Å²) in [7, 11) is 0. The first kappa shape index (κ1) is 13.4. The molecule has 0 saturated carbocycles. The number of nitrogens with two attached hydrogens (primary N) is 1.